The van der Waals surface area contributed by atoms with E-state index >= 15 is 0 Å². The van der Waals surface area contributed by atoms with Gasteiger partial charge in [-0.3, -0.25) is 4.79 Å². The fraction of sp³-hybridized carbons (Fsp3) is 0.462. The second-order valence-corrected chi connectivity index (χ2v) is 4.37. The predicted molar refractivity (Wildman–Crippen MR) is 66.6 cm³/mol. The normalized spacial score (nSPS) is 12.4. The Morgan fingerprint density at radius 3 is 2.32 bits per heavy atom. The number of rotatable bonds is 5. The van der Waals surface area contributed by atoms with E-state index in [1.54, 1.807) is 20.8 Å². The molecule has 0 saturated heterocycles. The maximum Gasteiger partial charge on any atom is 0.387 e. The highest BCUT2D eigenvalue weighted by atomic mass is 19.3. The Morgan fingerprint density at radius 2 is 1.89 bits per heavy atom. The van der Waals surface area contributed by atoms with Crippen molar-refractivity contribution in [2.45, 2.75) is 33.4 Å². The number of alkyl halides is 2. The molecule has 2 N–H and O–H groups in total. The third-order valence-corrected chi connectivity index (χ3v) is 2.58. The summed E-state index contributed by atoms with van der Waals surface area (Å²) in [5.74, 6) is -0.280. The molecule has 1 aromatic rings. The largest absolute Gasteiger partial charge is 0.434 e. The summed E-state index contributed by atoms with van der Waals surface area (Å²) in [5, 5.41) is 11.4. The molecule has 0 fully saturated rings. The summed E-state index contributed by atoms with van der Waals surface area (Å²) in [6.45, 7) is 1.78. The average molecular weight is 273 g/mol. The van der Waals surface area contributed by atoms with Gasteiger partial charge in [-0.15, -0.1) is 0 Å². The molecular formula is C13H17F2NO3. The Morgan fingerprint density at radius 1 is 1.37 bits per heavy atom. The van der Waals surface area contributed by atoms with E-state index in [-0.39, 0.29) is 24.3 Å². The van der Waals surface area contributed by atoms with Crippen molar-refractivity contribution in [2.24, 2.45) is 0 Å². The van der Waals surface area contributed by atoms with E-state index in [1.807, 2.05) is 0 Å². The molecular weight excluding hydrogens is 256 g/mol. The summed E-state index contributed by atoms with van der Waals surface area (Å²) < 4.78 is 28.9. The summed E-state index contributed by atoms with van der Waals surface area (Å²) in [6.07, 6.45) is 0. The molecule has 0 aliphatic rings. The lowest BCUT2D eigenvalue weighted by molar-refractivity contribution is -0.0507. The average Bonchev–Trinajstić information content (AvgIpc) is 2.32. The number of carbonyl (C=O) groups excluding carboxylic acids is 1. The fourth-order valence-corrected chi connectivity index (χ4v) is 1.71. The molecule has 0 spiro atoms. The number of benzene rings is 1. The molecule has 1 unspecified atom stereocenters. The van der Waals surface area contributed by atoms with Gasteiger partial charge in [0.25, 0.3) is 5.91 Å². The number of hydrogen-bond donors (Lipinski definition) is 2. The van der Waals surface area contributed by atoms with Crippen LogP contribution in [0.25, 0.3) is 0 Å². The first kappa shape index (κ1) is 15.4. The number of aryl methyl sites for hydroxylation is 2. The van der Waals surface area contributed by atoms with Crippen molar-refractivity contribution >= 4 is 5.91 Å². The van der Waals surface area contributed by atoms with Crippen molar-refractivity contribution in [3.63, 3.8) is 0 Å². The van der Waals surface area contributed by atoms with Crippen molar-refractivity contribution in [2.75, 3.05) is 6.61 Å². The number of aliphatic hydroxyl groups excluding tert-OH is 1. The second-order valence-electron chi connectivity index (χ2n) is 4.37. The van der Waals surface area contributed by atoms with Crippen molar-refractivity contribution in [1.82, 2.24) is 5.32 Å². The van der Waals surface area contributed by atoms with Crippen molar-refractivity contribution in [1.29, 1.82) is 0 Å². The Balaban J connectivity index is 2.97. The van der Waals surface area contributed by atoms with Gasteiger partial charge in [-0.05, 0) is 44.0 Å². The molecule has 0 radical (unpaired) electrons. The standard InChI is InChI=1S/C13H17F2NO3/c1-7-4-10(12(18)16-9(3)6-17)5-8(2)11(7)19-13(14)15/h4-5,9,13,17H,6H2,1-3H3,(H,16,18). The van der Waals surface area contributed by atoms with E-state index in [0.717, 1.165) is 0 Å². The summed E-state index contributed by atoms with van der Waals surface area (Å²) in [7, 11) is 0. The molecule has 0 saturated carbocycles. The Labute approximate surface area is 110 Å². The third-order valence-electron chi connectivity index (χ3n) is 2.58. The summed E-state index contributed by atoms with van der Waals surface area (Å²) in [5.41, 5.74) is 1.26. The van der Waals surface area contributed by atoms with E-state index < -0.39 is 6.61 Å². The van der Waals surface area contributed by atoms with Gasteiger partial charge in [-0.2, -0.15) is 8.78 Å². The summed E-state index contributed by atoms with van der Waals surface area (Å²) in [6, 6.07) is 2.58. The summed E-state index contributed by atoms with van der Waals surface area (Å²) in [4.78, 5) is 11.8. The minimum absolute atomic E-state index is 0.0850. The van der Waals surface area contributed by atoms with Gasteiger partial charge in [0.2, 0.25) is 0 Å². The number of amides is 1. The molecule has 19 heavy (non-hydrogen) atoms. The SMILES string of the molecule is Cc1cc(C(=O)NC(C)CO)cc(C)c1OC(F)F. The zero-order valence-electron chi connectivity index (χ0n) is 11.0. The maximum atomic E-state index is 12.2. The van der Waals surface area contributed by atoms with Crippen molar-refractivity contribution in [3.05, 3.63) is 28.8 Å². The van der Waals surface area contributed by atoms with Gasteiger partial charge in [0.05, 0.1) is 6.61 Å². The zero-order valence-corrected chi connectivity index (χ0v) is 11.0. The number of aliphatic hydroxyl groups is 1. The van der Waals surface area contributed by atoms with Gasteiger partial charge in [0.15, 0.2) is 0 Å². The van der Waals surface area contributed by atoms with Crippen LogP contribution in [0.3, 0.4) is 0 Å². The highest BCUT2D eigenvalue weighted by molar-refractivity contribution is 5.95. The number of halogens is 2. The molecule has 106 valence electrons. The molecule has 0 heterocycles. The lowest BCUT2D eigenvalue weighted by Crippen LogP contribution is -2.35. The monoisotopic (exact) mass is 273 g/mol. The highest BCUT2D eigenvalue weighted by Crippen LogP contribution is 2.26. The van der Waals surface area contributed by atoms with Gasteiger partial charge in [-0.1, -0.05) is 0 Å². The topological polar surface area (TPSA) is 58.6 Å². The second kappa shape index (κ2) is 6.47. The van der Waals surface area contributed by atoms with E-state index in [1.165, 1.54) is 12.1 Å². The van der Waals surface area contributed by atoms with Crippen molar-refractivity contribution < 1.29 is 23.4 Å². The van der Waals surface area contributed by atoms with Crippen LogP contribution in [-0.2, 0) is 0 Å². The molecule has 0 aliphatic carbocycles. The Bertz CT molecular complexity index is 440. The first-order chi connectivity index (χ1) is 8.85. The Hall–Kier alpha value is -1.69. The molecule has 1 amide bonds. The highest BCUT2D eigenvalue weighted by Gasteiger charge is 2.15. The molecule has 1 aromatic carbocycles. The van der Waals surface area contributed by atoms with Crippen LogP contribution in [0, 0.1) is 13.8 Å². The first-order valence-corrected chi connectivity index (χ1v) is 5.83. The van der Waals surface area contributed by atoms with Crippen LogP contribution in [0.1, 0.15) is 28.4 Å². The molecule has 0 bridgehead atoms. The minimum atomic E-state index is -2.90. The third kappa shape index (κ3) is 4.17. The maximum absolute atomic E-state index is 12.2. The van der Waals surface area contributed by atoms with Gasteiger partial charge in [0, 0.05) is 11.6 Å². The molecule has 0 aromatic heterocycles. The molecule has 1 atom stereocenters. The zero-order chi connectivity index (χ0) is 14.6. The molecule has 1 rings (SSSR count). The van der Waals surface area contributed by atoms with Gasteiger partial charge >= 0.3 is 6.61 Å². The lowest BCUT2D eigenvalue weighted by atomic mass is 10.0. The fourth-order valence-electron chi connectivity index (χ4n) is 1.71. The molecule has 0 aliphatic heterocycles. The Kier molecular flexibility index (Phi) is 5.23. The quantitative estimate of drug-likeness (QED) is 0.863. The van der Waals surface area contributed by atoms with Crippen LogP contribution in [0.2, 0.25) is 0 Å². The van der Waals surface area contributed by atoms with Crippen LogP contribution in [0.4, 0.5) is 8.78 Å². The van der Waals surface area contributed by atoms with Crippen LogP contribution < -0.4 is 10.1 Å². The number of hydrogen-bond acceptors (Lipinski definition) is 3. The lowest BCUT2D eigenvalue weighted by Gasteiger charge is -2.15. The van der Waals surface area contributed by atoms with Crippen LogP contribution in [0.15, 0.2) is 12.1 Å². The van der Waals surface area contributed by atoms with Crippen molar-refractivity contribution in [3.8, 4) is 5.75 Å². The summed E-state index contributed by atoms with van der Waals surface area (Å²) >= 11 is 0. The molecule has 6 heteroatoms. The van der Waals surface area contributed by atoms with Crippen LogP contribution >= 0.6 is 0 Å². The van der Waals surface area contributed by atoms with Gasteiger partial charge in [0.1, 0.15) is 5.75 Å². The number of ether oxygens (including phenoxy) is 1. The molecule has 4 nitrogen and oxygen atoms in total. The van der Waals surface area contributed by atoms with Crippen LogP contribution in [0.5, 0.6) is 5.75 Å². The van der Waals surface area contributed by atoms with Gasteiger partial charge < -0.3 is 15.2 Å². The smallest absolute Gasteiger partial charge is 0.387 e. The van der Waals surface area contributed by atoms with E-state index in [9.17, 15) is 13.6 Å². The van der Waals surface area contributed by atoms with Gasteiger partial charge in [-0.25, -0.2) is 0 Å². The van der Waals surface area contributed by atoms with E-state index in [2.05, 4.69) is 10.1 Å². The minimum Gasteiger partial charge on any atom is -0.434 e. The first-order valence-electron chi connectivity index (χ1n) is 5.83. The number of carbonyl (C=O) groups is 1. The number of nitrogens with one attached hydrogen (secondary N) is 1. The van der Waals surface area contributed by atoms with E-state index in [4.69, 9.17) is 5.11 Å². The van der Waals surface area contributed by atoms with E-state index in [0.29, 0.717) is 16.7 Å². The van der Waals surface area contributed by atoms with Crippen LogP contribution in [-0.4, -0.2) is 30.3 Å². The predicted octanol–water partition coefficient (Wildman–Crippen LogP) is 2.02.